The first kappa shape index (κ1) is 12.2. The fraction of sp³-hybridized carbons (Fsp3) is 0.0769. The quantitative estimate of drug-likeness (QED) is 0.581. The van der Waals surface area contributed by atoms with Crippen LogP contribution in [-0.2, 0) is 0 Å². The maximum atomic E-state index is 6.22. The molecule has 0 fully saturated rings. The Balaban J connectivity index is 2.67. The van der Waals surface area contributed by atoms with Gasteiger partial charge in [-0.05, 0) is 47.2 Å². The second-order valence-electron chi connectivity index (χ2n) is 3.58. The lowest BCUT2D eigenvalue weighted by Crippen LogP contribution is -1.86. The standard InChI is InChI=1S/C13H9Cl2I/c1-8-5-6-12(16)10(7-8)9-3-2-4-11(14)13(9)15/h2-7H,1H3. The van der Waals surface area contributed by atoms with Gasteiger partial charge < -0.3 is 0 Å². The van der Waals surface area contributed by atoms with Crippen LogP contribution in [-0.4, -0.2) is 0 Å². The molecular formula is C13H9Cl2I. The molecule has 0 aliphatic carbocycles. The van der Waals surface area contributed by atoms with Gasteiger partial charge in [0.1, 0.15) is 0 Å². The van der Waals surface area contributed by atoms with Gasteiger partial charge in [0.15, 0.2) is 0 Å². The minimum absolute atomic E-state index is 0.594. The molecule has 2 aromatic carbocycles. The average molecular weight is 363 g/mol. The Morgan fingerprint density at radius 1 is 1.00 bits per heavy atom. The summed E-state index contributed by atoms with van der Waals surface area (Å²) in [6.45, 7) is 2.07. The molecule has 16 heavy (non-hydrogen) atoms. The summed E-state index contributed by atoms with van der Waals surface area (Å²) >= 11 is 14.5. The van der Waals surface area contributed by atoms with Crippen LogP contribution in [0.3, 0.4) is 0 Å². The summed E-state index contributed by atoms with van der Waals surface area (Å²) < 4.78 is 1.17. The summed E-state index contributed by atoms with van der Waals surface area (Å²) in [5, 5.41) is 1.21. The number of rotatable bonds is 1. The molecule has 0 bridgehead atoms. The monoisotopic (exact) mass is 362 g/mol. The SMILES string of the molecule is Cc1ccc(I)c(-c2cccc(Cl)c2Cl)c1. The molecule has 0 aromatic heterocycles. The molecule has 0 nitrogen and oxygen atoms in total. The molecule has 0 atom stereocenters. The van der Waals surface area contributed by atoms with E-state index in [0.29, 0.717) is 10.0 Å². The highest BCUT2D eigenvalue weighted by Crippen LogP contribution is 2.35. The van der Waals surface area contributed by atoms with Crippen LogP contribution in [0.1, 0.15) is 5.56 Å². The summed E-state index contributed by atoms with van der Waals surface area (Å²) in [6.07, 6.45) is 0. The zero-order valence-corrected chi connectivity index (χ0v) is 12.3. The van der Waals surface area contributed by atoms with Crippen molar-refractivity contribution in [3.8, 4) is 11.1 Å². The smallest absolute Gasteiger partial charge is 0.0671 e. The van der Waals surface area contributed by atoms with Crippen LogP contribution in [0.4, 0.5) is 0 Å². The molecule has 0 radical (unpaired) electrons. The lowest BCUT2D eigenvalue weighted by Gasteiger charge is -2.09. The van der Waals surface area contributed by atoms with Gasteiger partial charge in [-0.2, -0.15) is 0 Å². The van der Waals surface area contributed by atoms with Crippen molar-refractivity contribution in [1.29, 1.82) is 0 Å². The normalized spacial score (nSPS) is 10.5. The molecule has 0 saturated heterocycles. The first-order chi connectivity index (χ1) is 7.59. The van der Waals surface area contributed by atoms with Crippen molar-refractivity contribution in [2.24, 2.45) is 0 Å². The van der Waals surface area contributed by atoms with E-state index in [1.807, 2.05) is 12.1 Å². The minimum Gasteiger partial charge on any atom is -0.0827 e. The van der Waals surface area contributed by atoms with E-state index in [1.54, 1.807) is 6.07 Å². The van der Waals surface area contributed by atoms with E-state index in [9.17, 15) is 0 Å². The van der Waals surface area contributed by atoms with Crippen LogP contribution < -0.4 is 0 Å². The Bertz CT molecular complexity index is 535. The molecule has 0 spiro atoms. The molecule has 0 aliphatic rings. The van der Waals surface area contributed by atoms with Gasteiger partial charge in [-0.1, -0.05) is 53.0 Å². The second kappa shape index (κ2) is 4.94. The fourth-order valence-electron chi connectivity index (χ4n) is 1.56. The summed E-state index contributed by atoms with van der Waals surface area (Å²) in [5.41, 5.74) is 3.34. The minimum atomic E-state index is 0.594. The summed E-state index contributed by atoms with van der Waals surface area (Å²) in [6, 6.07) is 12.0. The Morgan fingerprint density at radius 2 is 1.75 bits per heavy atom. The molecule has 0 amide bonds. The zero-order chi connectivity index (χ0) is 11.7. The average Bonchev–Trinajstić information content (AvgIpc) is 2.26. The van der Waals surface area contributed by atoms with Crippen LogP contribution in [0.25, 0.3) is 11.1 Å². The van der Waals surface area contributed by atoms with E-state index in [-0.39, 0.29) is 0 Å². The third-order valence-electron chi connectivity index (χ3n) is 2.36. The predicted octanol–water partition coefficient (Wildman–Crippen LogP) is 5.57. The number of hydrogen-bond acceptors (Lipinski definition) is 0. The van der Waals surface area contributed by atoms with Gasteiger partial charge in [0, 0.05) is 9.13 Å². The van der Waals surface area contributed by atoms with Crippen molar-refractivity contribution in [1.82, 2.24) is 0 Å². The van der Waals surface area contributed by atoms with E-state index in [1.165, 1.54) is 9.13 Å². The Morgan fingerprint density at radius 3 is 2.50 bits per heavy atom. The Hall–Kier alpha value is -0.250. The Labute approximate surface area is 119 Å². The summed E-state index contributed by atoms with van der Waals surface area (Å²) in [5.74, 6) is 0. The van der Waals surface area contributed by atoms with Crippen molar-refractivity contribution in [2.75, 3.05) is 0 Å². The van der Waals surface area contributed by atoms with Gasteiger partial charge in [-0.3, -0.25) is 0 Å². The maximum absolute atomic E-state index is 6.22. The van der Waals surface area contributed by atoms with Crippen LogP contribution in [0.2, 0.25) is 10.0 Å². The van der Waals surface area contributed by atoms with Gasteiger partial charge in [-0.15, -0.1) is 0 Å². The molecule has 0 heterocycles. The third-order valence-corrected chi connectivity index (χ3v) is 4.12. The Kier molecular flexibility index (Phi) is 3.77. The lowest BCUT2D eigenvalue weighted by molar-refractivity contribution is 1.45. The molecule has 2 rings (SSSR count). The van der Waals surface area contributed by atoms with Crippen LogP contribution in [0, 0.1) is 10.5 Å². The van der Waals surface area contributed by atoms with E-state index in [4.69, 9.17) is 23.2 Å². The van der Waals surface area contributed by atoms with Crippen LogP contribution >= 0.6 is 45.8 Å². The number of halogens is 3. The summed E-state index contributed by atoms with van der Waals surface area (Å²) in [7, 11) is 0. The molecular weight excluding hydrogens is 354 g/mol. The highest BCUT2D eigenvalue weighted by molar-refractivity contribution is 14.1. The molecule has 3 heteroatoms. The van der Waals surface area contributed by atoms with Gasteiger partial charge in [0.05, 0.1) is 10.0 Å². The molecule has 0 unspecified atom stereocenters. The first-order valence-electron chi connectivity index (χ1n) is 4.80. The van der Waals surface area contributed by atoms with Crippen molar-refractivity contribution in [3.05, 3.63) is 55.6 Å². The second-order valence-corrected chi connectivity index (χ2v) is 5.53. The largest absolute Gasteiger partial charge is 0.0827 e. The van der Waals surface area contributed by atoms with Crippen molar-refractivity contribution in [3.63, 3.8) is 0 Å². The van der Waals surface area contributed by atoms with E-state index < -0.39 is 0 Å². The maximum Gasteiger partial charge on any atom is 0.0671 e. The number of aryl methyl sites for hydroxylation is 1. The topological polar surface area (TPSA) is 0 Å². The number of benzene rings is 2. The molecule has 82 valence electrons. The van der Waals surface area contributed by atoms with Crippen molar-refractivity contribution < 1.29 is 0 Å². The van der Waals surface area contributed by atoms with E-state index >= 15 is 0 Å². The highest BCUT2D eigenvalue weighted by Gasteiger charge is 2.09. The highest BCUT2D eigenvalue weighted by atomic mass is 127. The fourth-order valence-corrected chi connectivity index (χ4v) is 2.59. The van der Waals surface area contributed by atoms with Gasteiger partial charge in [0.2, 0.25) is 0 Å². The molecule has 0 aliphatic heterocycles. The van der Waals surface area contributed by atoms with E-state index in [0.717, 1.165) is 11.1 Å². The van der Waals surface area contributed by atoms with E-state index in [2.05, 4.69) is 47.7 Å². The summed E-state index contributed by atoms with van der Waals surface area (Å²) in [4.78, 5) is 0. The number of hydrogen-bond donors (Lipinski definition) is 0. The lowest BCUT2D eigenvalue weighted by atomic mass is 10.0. The molecule has 0 saturated carbocycles. The van der Waals surface area contributed by atoms with Gasteiger partial charge in [-0.25, -0.2) is 0 Å². The van der Waals surface area contributed by atoms with Crippen molar-refractivity contribution in [2.45, 2.75) is 6.92 Å². The molecule has 2 aromatic rings. The van der Waals surface area contributed by atoms with Crippen molar-refractivity contribution >= 4 is 45.8 Å². The third kappa shape index (κ3) is 2.36. The van der Waals surface area contributed by atoms with Crippen LogP contribution in [0.15, 0.2) is 36.4 Å². The van der Waals surface area contributed by atoms with Gasteiger partial charge in [0.25, 0.3) is 0 Å². The predicted molar refractivity (Wildman–Crippen MR) is 79.4 cm³/mol. The van der Waals surface area contributed by atoms with Crippen LogP contribution in [0.5, 0.6) is 0 Å². The zero-order valence-electron chi connectivity index (χ0n) is 8.60. The molecule has 0 N–H and O–H groups in total. The van der Waals surface area contributed by atoms with Gasteiger partial charge >= 0.3 is 0 Å². The first-order valence-corrected chi connectivity index (χ1v) is 6.63.